The van der Waals surface area contributed by atoms with Crippen molar-refractivity contribution in [3.63, 3.8) is 0 Å². The number of nitrogens with one attached hydrogen (secondary N) is 4. The van der Waals surface area contributed by atoms with Crippen LogP contribution in [0.4, 0.5) is 4.79 Å². The quantitative estimate of drug-likeness (QED) is 0.138. The normalized spacial score (nSPS) is 23.7. The van der Waals surface area contributed by atoms with Gasteiger partial charge >= 0.3 is 6.03 Å². The van der Waals surface area contributed by atoms with Crippen molar-refractivity contribution in [3.8, 4) is 0 Å². The molecule has 1 aromatic rings. The molecule has 54 heavy (non-hydrogen) atoms. The Bertz CT molecular complexity index is 1680. The number of urea groups is 1. The average Bonchev–Trinajstić information content (AvgIpc) is 3.47. The fourth-order valence-corrected chi connectivity index (χ4v) is 11.5. The minimum atomic E-state index is -3.47. The summed E-state index contributed by atoms with van der Waals surface area (Å²) in [6.07, 6.45) is 7.52. The highest BCUT2D eigenvalue weighted by Crippen LogP contribution is 2.65. The number of carbonyl (C=O) groups is 5. The van der Waals surface area contributed by atoms with Gasteiger partial charge in [-0.05, 0) is 78.7 Å². The van der Waals surface area contributed by atoms with Crippen LogP contribution in [0.15, 0.2) is 36.9 Å². The summed E-state index contributed by atoms with van der Waals surface area (Å²) in [6, 6.07) is 4.41. The van der Waals surface area contributed by atoms with Gasteiger partial charge in [-0.25, -0.2) is 13.2 Å². The van der Waals surface area contributed by atoms with Gasteiger partial charge in [0.15, 0.2) is 9.84 Å². The highest BCUT2D eigenvalue weighted by atomic mass is 32.2. The van der Waals surface area contributed by atoms with Gasteiger partial charge in [-0.2, -0.15) is 0 Å². The number of sulfone groups is 1. The van der Waals surface area contributed by atoms with E-state index in [1.807, 2.05) is 45.0 Å². The van der Waals surface area contributed by atoms with Gasteiger partial charge in [0.05, 0.1) is 23.1 Å². The molecule has 4 N–H and O–H groups in total. The standard InChI is InChI=1S/C41H61N5O7S/c1-7-14-31(35(47)37(49)42-20-8-2)43-36(48)34-32-30(40(32,5)6)24-46(34)38(50)33(29-22-27-15-10-11-16-28(27)23-29)44-39(51)45-41(18-12-9-13-19-41)25-54(52,53)21-17-26(3)4/h8,10-11,15-16,26,29-34H,2,7,9,12-14,17-25H2,1,3-6H3,(H,42,49)(H,43,48)(H2,44,45,51)/t30-,31?,32?,33-,34-/m0/s1. The SMILES string of the molecule is C=CCNC(=O)C(=O)C(CCC)NC(=O)[C@@H]1C2[C@H](CN1C(=O)[C@@H](NC(=O)NC1(CS(=O)(=O)CCC(C)C)CCCCC1)C1Cc3ccccc3C1)C2(C)C. The fraction of sp³-hybridized carbons (Fsp3) is 0.683. The predicted molar refractivity (Wildman–Crippen MR) is 208 cm³/mol. The lowest BCUT2D eigenvalue weighted by Crippen LogP contribution is -2.63. The maximum absolute atomic E-state index is 14.9. The Balaban J connectivity index is 1.40. The molecule has 5 amide bonds. The van der Waals surface area contributed by atoms with Gasteiger partial charge in [0.2, 0.25) is 17.6 Å². The van der Waals surface area contributed by atoms with Crippen LogP contribution in [-0.2, 0) is 41.9 Å². The highest BCUT2D eigenvalue weighted by molar-refractivity contribution is 7.91. The smallest absolute Gasteiger partial charge is 0.315 e. The van der Waals surface area contributed by atoms with Crippen LogP contribution >= 0.6 is 0 Å². The third-order valence-corrected chi connectivity index (χ3v) is 14.2. The van der Waals surface area contributed by atoms with Crippen molar-refractivity contribution >= 4 is 39.4 Å². The van der Waals surface area contributed by atoms with E-state index in [-0.39, 0.29) is 59.5 Å². The molecule has 4 aliphatic rings. The van der Waals surface area contributed by atoms with Crippen molar-refractivity contribution in [1.29, 1.82) is 0 Å². The maximum atomic E-state index is 14.9. The van der Waals surface area contributed by atoms with Crippen LogP contribution in [0.1, 0.15) is 97.1 Å². The summed E-state index contributed by atoms with van der Waals surface area (Å²) >= 11 is 0. The van der Waals surface area contributed by atoms with Gasteiger partial charge < -0.3 is 26.2 Å². The number of carbonyl (C=O) groups excluding carboxylic acids is 5. The molecule has 2 saturated carbocycles. The van der Waals surface area contributed by atoms with E-state index in [0.717, 1.165) is 30.4 Å². The lowest BCUT2D eigenvalue weighted by Gasteiger charge is -2.39. The molecule has 5 rings (SSSR count). The zero-order valence-corrected chi connectivity index (χ0v) is 33.6. The third-order valence-electron chi connectivity index (χ3n) is 12.4. The van der Waals surface area contributed by atoms with E-state index in [2.05, 4.69) is 41.7 Å². The van der Waals surface area contributed by atoms with Crippen LogP contribution in [0.5, 0.6) is 0 Å². The van der Waals surface area contributed by atoms with Crippen molar-refractivity contribution in [3.05, 3.63) is 48.0 Å². The molecule has 3 aliphatic carbocycles. The van der Waals surface area contributed by atoms with E-state index in [9.17, 15) is 32.4 Å². The van der Waals surface area contributed by atoms with Gasteiger partial charge in [0.1, 0.15) is 12.1 Å². The number of benzene rings is 1. The van der Waals surface area contributed by atoms with Crippen LogP contribution < -0.4 is 21.3 Å². The van der Waals surface area contributed by atoms with Gasteiger partial charge in [0.25, 0.3) is 5.91 Å². The van der Waals surface area contributed by atoms with Crippen molar-refractivity contribution < 1.29 is 32.4 Å². The maximum Gasteiger partial charge on any atom is 0.315 e. The first kappa shape index (κ1) is 41.4. The topological polar surface area (TPSA) is 171 Å². The Kier molecular flexibility index (Phi) is 13.0. The highest BCUT2D eigenvalue weighted by Gasteiger charge is 2.70. The second-order valence-electron chi connectivity index (χ2n) is 17.2. The minimum absolute atomic E-state index is 0.0465. The summed E-state index contributed by atoms with van der Waals surface area (Å²) in [5, 5.41) is 11.4. The Morgan fingerprint density at radius 1 is 0.981 bits per heavy atom. The Morgan fingerprint density at radius 2 is 1.63 bits per heavy atom. The fourth-order valence-electron chi connectivity index (χ4n) is 9.29. The molecule has 1 heterocycles. The predicted octanol–water partition coefficient (Wildman–Crippen LogP) is 3.87. The summed E-state index contributed by atoms with van der Waals surface area (Å²) in [5.41, 5.74) is 1.03. The van der Waals surface area contributed by atoms with Gasteiger partial charge in [-0.15, -0.1) is 6.58 Å². The van der Waals surface area contributed by atoms with Crippen LogP contribution in [0, 0.1) is 29.1 Å². The molecule has 0 bridgehead atoms. The zero-order chi connectivity index (χ0) is 39.4. The van der Waals surface area contributed by atoms with E-state index >= 15 is 0 Å². The molecule has 12 nitrogen and oxygen atoms in total. The third kappa shape index (κ3) is 9.37. The number of ketones is 1. The Labute approximate surface area is 321 Å². The number of fused-ring (bicyclic) bond motifs is 2. The molecule has 1 saturated heterocycles. The lowest BCUT2D eigenvalue weighted by molar-refractivity contribution is -0.144. The monoisotopic (exact) mass is 767 g/mol. The molecule has 2 unspecified atom stereocenters. The number of rotatable bonds is 17. The second kappa shape index (κ2) is 17.0. The summed E-state index contributed by atoms with van der Waals surface area (Å²) in [7, 11) is -3.47. The van der Waals surface area contributed by atoms with Crippen LogP contribution in [0.3, 0.4) is 0 Å². The number of likely N-dealkylation sites (tertiary alicyclic amines) is 1. The first-order chi connectivity index (χ1) is 25.5. The average molecular weight is 768 g/mol. The molecular formula is C41H61N5O7S. The summed E-state index contributed by atoms with van der Waals surface area (Å²) < 4.78 is 26.7. The van der Waals surface area contributed by atoms with E-state index in [0.29, 0.717) is 45.1 Å². The number of piperidine rings is 1. The minimum Gasteiger partial charge on any atom is -0.346 e. The first-order valence-electron chi connectivity index (χ1n) is 19.9. The van der Waals surface area contributed by atoms with Gasteiger partial charge in [-0.3, -0.25) is 19.2 Å². The Morgan fingerprint density at radius 3 is 2.22 bits per heavy atom. The number of hydrogen-bond acceptors (Lipinski definition) is 7. The molecule has 0 radical (unpaired) electrons. The van der Waals surface area contributed by atoms with Gasteiger partial charge in [0, 0.05) is 13.1 Å². The number of Topliss-reactive ketones (excluding diaryl/α,β-unsaturated/α-hetero) is 1. The van der Waals surface area contributed by atoms with Crippen LogP contribution in [0.2, 0.25) is 0 Å². The Hall–Kier alpha value is -3.74. The van der Waals surface area contributed by atoms with Crippen LogP contribution in [-0.4, -0.2) is 91.1 Å². The van der Waals surface area contributed by atoms with E-state index in [1.165, 1.54) is 6.08 Å². The molecule has 3 fully saturated rings. The molecule has 298 valence electrons. The largest absolute Gasteiger partial charge is 0.346 e. The number of nitrogens with zero attached hydrogens (tertiary/aromatic N) is 1. The molecule has 13 heteroatoms. The van der Waals surface area contributed by atoms with E-state index in [4.69, 9.17) is 0 Å². The second-order valence-corrected chi connectivity index (χ2v) is 19.4. The van der Waals surface area contributed by atoms with Crippen molar-refractivity contribution in [2.75, 3.05) is 24.6 Å². The number of amides is 5. The lowest BCUT2D eigenvalue weighted by atomic mass is 9.83. The zero-order valence-electron chi connectivity index (χ0n) is 32.7. The van der Waals surface area contributed by atoms with Gasteiger partial charge in [-0.1, -0.05) is 90.6 Å². The van der Waals surface area contributed by atoms with Crippen LogP contribution in [0.25, 0.3) is 0 Å². The summed E-state index contributed by atoms with van der Waals surface area (Å²) in [5.74, 6) is -2.71. The molecule has 0 aromatic heterocycles. The van der Waals surface area contributed by atoms with E-state index in [1.54, 1.807) is 4.90 Å². The van der Waals surface area contributed by atoms with E-state index < -0.39 is 57.1 Å². The summed E-state index contributed by atoms with van der Waals surface area (Å²) in [4.78, 5) is 70.5. The molecule has 5 atom stereocenters. The number of hydrogen-bond donors (Lipinski definition) is 4. The first-order valence-corrected chi connectivity index (χ1v) is 21.7. The molecule has 1 aromatic carbocycles. The summed E-state index contributed by atoms with van der Waals surface area (Å²) in [6.45, 7) is 14.0. The van der Waals surface area contributed by atoms with Crippen molar-refractivity contribution in [1.82, 2.24) is 26.2 Å². The van der Waals surface area contributed by atoms with Crippen molar-refractivity contribution in [2.45, 2.75) is 122 Å². The molecule has 1 aliphatic heterocycles. The molecule has 0 spiro atoms. The van der Waals surface area contributed by atoms with Crippen molar-refractivity contribution in [2.24, 2.45) is 29.1 Å². The molecular weight excluding hydrogens is 707 g/mol.